The first-order chi connectivity index (χ1) is 17.7. The van der Waals surface area contributed by atoms with E-state index in [1.54, 1.807) is 19.1 Å². The number of rotatable bonds is 10. The monoisotopic (exact) mass is 508 g/mol. The number of hydrogen-bond acceptors (Lipinski definition) is 7. The SMILES string of the molecule is CNC(=O)Cn1cccc(NC(=O)C(CC/C=C/C(=O)OC)NC(=O)c2oc3ccccc3c2C)c1=O. The summed E-state index contributed by atoms with van der Waals surface area (Å²) in [5, 5.41) is 8.40. The van der Waals surface area contributed by atoms with Crippen LogP contribution in [-0.2, 0) is 25.7 Å². The smallest absolute Gasteiger partial charge is 0.330 e. The lowest BCUT2D eigenvalue weighted by Gasteiger charge is -2.18. The maximum atomic E-state index is 13.2. The fraction of sp³-hybridized carbons (Fsp3) is 0.269. The number of carbonyl (C=O) groups is 4. The van der Waals surface area contributed by atoms with E-state index in [4.69, 9.17) is 4.42 Å². The molecule has 0 aliphatic carbocycles. The van der Waals surface area contributed by atoms with E-state index in [9.17, 15) is 24.0 Å². The summed E-state index contributed by atoms with van der Waals surface area (Å²) in [5.74, 6) is -2.12. The predicted molar refractivity (Wildman–Crippen MR) is 136 cm³/mol. The van der Waals surface area contributed by atoms with Crippen molar-refractivity contribution in [1.82, 2.24) is 15.2 Å². The van der Waals surface area contributed by atoms with Crippen molar-refractivity contribution in [3.63, 3.8) is 0 Å². The van der Waals surface area contributed by atoms with Gasteiger partial charge in [0.2, 0.25) is 11.8 Å². The molecule has 0 radical (unpaired) electrons. The molecular formula is C26H28N4O7. The van der Waals surface area contributed by atoms with Crippen molar-refractivity contribution < 1.29 is 28.3 Å². The minimum Gasteiger partial charge on any atom is -0.466 e. The predicted octanol–water partition coefficient (Wildman–Crippen LogP) is 1.90. The Morgan fingerprint density at radius 1 is 1.14 bits per heavy atom. The van der Waals surface area contributed by atoms with Gasteiger partial charge >= 0.3 is 5.97 Å². The van der Waals surface area contributed by atoms with Crippen LogP contribution in [-0.4, -0.2) is 48.5 Å². The number of aryl methyl sites for hydroxylation is 1. The van der Waals surface area contributed by atoms with Crippen molar-refractivity contribution in [2.75, 3.05) is 19.5 Å². The van der Waals surface area contributed by atoms with Crippen LogP contribution in [0.3, 0.4) is 0 Å². The van der Waals surface area contributed by atoms with Crippen molar-refractivity contribution >= 4 is 40.3 Å². The minimum absolute atomic E-state index is 0.0549. The van der Waals surface area contributed by atoms with E-state index in [0.717, 1.165) is 9.95 Å². The Morgan fingerprint density at radius 2 is 1.89 bits per heavy atom. The second-order valence-electron chi connectivity index (χ2n) is 8.10. The zero-order valence-corrected chi connectivity index (χ0v) is 20.7. The molecule has 2 aromatic heterocycles. The molecular weight excluding hydrogens is 480 g/mol. The van der Waals surface area contributed by atoms with Crippen LogP contribution in [0.1, 0.15) is 29.0 Å². The molecule has 0 saturated heterocycles. The van der Waals surface area contributed by atoms with E-state index in [2.05, 4.69) is 20.7 Å². The Morgan fingerprint density at radius 3 is 2.59 bits per heavy atom. The average molecular weight is 509 g/mol. The molecule has 2 heterocycles. The van der Waals surface area contributed by atoms with Crippen LogP contribution in [0.25, 0.3) is 11.0 Å². The van der Waals surface area contributed by atoms with Crippen molar-refractivity contribution in [1.29, 1.82) is 0 Å². The molecule has 3 aromatic rings. The molecule has 11 heteroatoms. The van der Waals surface area contributed by atoms with Crippen LogP contribution < -0.4 is 21.5 Å². The molecule has 3 N–H and O–H groups in total. The van der Waals surface area contributed by atoms with Crippen LogP contribution in [0, 0.1) is 6.92 Å². The Hall–Kier alpha value is -4.67. The van der Waals surface area contributed by atoms with E-state index >= 15 is 0 Å². The van der Waals surface area contributed by atoms with Crippen molar-refractivity contribution in [3.05, 3.63) is 76.4 Å². The number of aromatic nitrogens is 1. The molecule has 3 rings (SSSR count). The van der Waals surface area contributed by atoms with E-state index in [1.165, 1.54) is 44.6 Å². The van der Waals surface area contributed by atoms with Gasteiger partial charge in [-0.1, -0.05) is 24.3 Å². The highest BCUT2D eigenvalue weighted by molar-refractivity contribution is 6.03. The van der Waals surface area contributed by atoms with Gasteiger partial charge in [0.25, 0.3) is 11.5 Å². The summed E-state index contributed by atoms with van der Waals surface area (Å²) in [7, 11) is 2.69. The number of allylic oxidation sites excluding steroid dienone is 1. The van der Waals surface area contributed by atoms with E-state index in [-0.39, 0.29) is 36.7 Å². The Balaban J connectivity index is 1.82. The fourth-order valence-electron chi connectivity index (χ4n) is 3.60. The van der Waals surface area contributed by atoms with Gasteiger partial charge in [-0.2, -0.15) is 0 Å². The van der Waals surface area contributed by atoms with E-state index in [0.29, 0.717) is 11.1 Å². The number of furan rings is 1. The zero-order chi connectivity index (χ0) is 26.9. The van der Waals surface area contributed by atoms with Gasteiger partial charge in [0.1, 0.15) is 23.9 Å². The van der Waals surface area contributed by atoms with E-state index < -0.39 is 29.4 Å². The number of nitrogens with one attached hydrogen (secondary N) is 3. The molecule has 0 aliphatic heterocycles. The van der Waals surface area contributed by atoms with Gasteiger partial charge in [-0.25, -0.2) is 4.79 Å². The number of anilines is 1. The lowest BCUT2D eigenvalue weighted by molar-refractivity contribution is -0.134. The first-order valence-corrected chi connectivity index (χ1v) is 11.5. The summed E-state index contributed by atoms with van der Waals surface area (Å²) in [6.45, 7) is 1.52. The summed E-state index contributed by atoms with van der Waals surface area (Å²) in [5.41, 5.74) is 0.523. The highest BCUT2D eigenvalue weighted by Gasteiger charge is 2.25. The maximum absolute atomic E-state index is 13.2. The molecule has 0 fully saturated rings. The highest BCUT2D eigenvalue weighted by Crippen LogP contribution is 2.25. The second-order valence-corrected chi connectivity index (χ2v) is 8.10. The number of para-hydroxylation sites is 1. The highest BCUT2D eigenvalue weighted by atomic mass is 16.5. The minimum atomic E-state index is -1.07. The lowest BCUT2D eigenvalue weighted by Crippen LogP contribution is -2.44. The van der Waals surface area contributed by atoms with Crippen molar-refractivity contribution in [2.45, 2.75) is 32.4 Å². The van der Waals surface area contributed by atoms with Gasteiger partial charge in [-0.05, 0) is 38.0 Å². The molecule has 0 saturated carbocycles. The third-order valence-corrected chi connectivity index (χ3v) is 5.62. The topological polar surface area (TPSA) is 149 Å². The number of carbonyl (C=O) groups excluding carboxylic acids is 4. The van der Waals surface area contributed by atoms with Crippen LogP contribution in [0.5, 0.6) is 0 Å². The molecule has 1 aromatic carbocycles. The average Bonchev–Trinajstić information content (AvgIpc) is 3.24. The molecule has 0 bridgehead atoms. The standard InChI is InChI=1S/C26H28N4O7/c1-16-17-9-4-6-12-20(17)37-23(16)25(34)28-18(10-5-7-13-22(32)36-3)24(33)29-19-11-8-14-30(26(19)35)15-21(31)27-2/h4,6-9,11-14,18H,5,10,15H2,1-3H3,(H,27,31)(H,28,34)(H,29,33)/b13-7+. The molecule has 1 atom stereocenters. The Labute approximate surface area is 212 Å². The maximum Gasteiger partial charge on any atom is 0.330 e. The van der Waals surface area contributed by atoms with Gasteiger partial charge in [0.15, 0.2) is 5.76 Å². The van der Waals surface area contributed by atoms with Crippen LogP contribution in [0.15, 0.2) is 64.0 Å². The number of fused-ring (bicyclic) bond motifs is 1. The summed E-state index contributed by atoms with van der Waals surface area (Å²) >= 11 is 0. The summed E-state index contributed by atoms with van der Waals surface area (Å²) in [6.07, 6.45) is 4.53. The molecule has 194 valence electrons. The number of methoxy groups -OCH3 is 1. The molecule has 0 aliphatic rings. The molecule has 0 spiro atoms. The second kappa shape index (κ2) is 12.3. The summed E-state index contributed by atoms with van der Waals surface area (Å²) < 4.78 is 11.4. The normalized spacial score (nSPS) is 11.8. The lowest BCUT2D eigenvalue weighted by atomic mass is 10.1. The quantitative estimate of drug-likeness (QED) is 0.280. The van der Waals surface area contributed by atoms with Gasteiger partial charge in [0.05, 0.1) is 7.11 Å². The van der Waals surface area contributed by atoms with Crippen LogP contribution >= 0.6 is 0 Å². The number of esters is 1. The van der Waals surface area contributed by atoms with E-state index in [1.807, 2.05) is 12.1 Å². The van der Waals surface area contributed by atoms with Crippen LogP contribution in [0.4, 0.5) is 5.69 Å². The number of amides is 3. The molecule has 37 heavy (non-hydrogen) atoms. The van der Waals surface area contributed by atoms with Crippen molar-refractivity contribution in [3.8, 4) is 0 Å². The van der Waals surface area contributed by atoms with Gasteiger partial charge in [-0.15, -0.1) is 0 Å². The fourth-order valence-corrected chi connectivity index (χ4v) is 3.60. The summed E-state index contributed by atoms with van der Waals surface area (Å²) in [4.78, 5) is 62.0. The Kier molecular flexibility index (Phi) is 8.98. The number of likely N-dealkylation sites (N-methyl/N-ethyl adjacent to an activating group) is 1. The number of hydrogen-bond donors (Lipinski definition) is 3. The number of benzene rings is 1. The zero-order valence-electron chi connectivity index (χ0n) is 20.7. The molecule has 3 amide bonds. The number of pyridine rings is 1. The third-order valence-electron chi connectivity index (χ3n) is 5.62. The first-order valence-electron chi connectivity index (χ1n) is 11.5. The Bertz CT molecular complexity index is 1400. The molecule has 1 unspecified atom stereocenters. The summed E-state index contributed by atoms with van der Waals surface area (Å²) in [6, 6.07) is 9.02. The van der Waals surface area contributed by atoms with Gasteiger partial charge < -0.3 is 29.7 Å². The number of nitrogens with zero attached hydrogens (tertiary/aromatic N) is 1. The van der Waals surface area contributed by atoms with Gasteiger partial charge in [-0.3, -0.25) is 19.2 Å². The van der Waals surface area contributed by atoms with Crippen molar-refractivity contribution in [2.24, 2.45) is 0 Å². The first kappa shape index (κ1) is 26.9. The number of ether oxygens (including phenoxy) is 1. The third kappa shape index (κ3) is 6.72. The van der Waals surface area contributed by atoms with Crippen LogP contribution in [0.2, 0.25) is 0 Å². The largest absolute Gasteiger partial charge is 0.466 e. The van der Waals surface area contributed by atoms with Gasteiger partial charge in [0, 0.05) is 30.3 Å². The molecule has 11 nitrogen and oxygen atoms in total.